The van der Waals surface area contributed by atoms with Gasteiger partial charge < -0.3 is 14.9 Å². The number of aliphatic hydroxyl groups is 1. The molecule has 0 aliphatic heterocycles. The highest BCUT2D eigenvalue weighted by Gasteiger charge is 2.46. The smallest absolute Gasteiger partial charge is 0.350 e. The number of carbonyl (C=O) groups is 2. The molecule has 0 heterocycles. The summed E-state index contributed by atoms with van der Waals surface area (Å²) in [7, 11) is 0. The van der Waals surface area contributed by atoms with Crippen molar-refractivity contribution in [3.8, 4) is 0 Å². The number of carboxylic acids is 1. The largest absolute Gasteiger partial charge is 0.479 e. The van der Waals surface area contributed by atoms with Crippen LogP contribution < -0.4 is 0 Å². The Balaban J connectivity index is 2.93. The van der Waals surface area contributed by atoms with Gasteiger partial charge in [0.05, 0.1) is 6.61 Å². The standard InChI is InChI=1S/C12H14O5/c1-2-17-11(15)12(16,10(13)14)8-9-6-4-3-5-7-9/h3-7,16H,2,8H2,1H3,(H,13,14). The molecule has 0 spiro atoms. The fraction of sp³-hybridized carbons (Fsp3) is 0.333. The maximum Gasteiger partial charge on any atom is 0.350 e. The predicted octanol–water partition coefficient (Wildman–Crippen LogP) is 0.608. The Bertz CT molecular complexity index is 401. The van der Waals surface area contributed by atoms with Gasteiger partial charge in [0.25, 0.3) is 5.60 Å². The zero-order valence-corrected chi connectivity index (χ0v) is 9.42. The van der Waals surface area contributed by atoms with Crippen LogP contribution in [0, 0.1) is 0 Å². The molecule has 1 aromatic rings. The summed E-state index contributed by atoms with van der Waals surface area (Å²) in [5.41, 5.74) is -1.98. The molecule has 0 amide bonds. The molecular formula is C12H14O5. The van der Waals surface area contributed by atoms with E-state index in [1.54, 1.807) is 37.3 Å². The number of esters is 1. The molecule has 5 heteroatoms. The van der Waals surface area contributed by atoms with E-state index in [2.05, 4.69) is 4.74 Å². The molecule has 5 nitrogen and oxygen atoms in total. The minimum Gasteiger partial charge on any atom is -0.479 e. The normalized spacial score (nSPS) is 13.8. The lowest BCUT2D eigenvalue weighted by Gasteiger charge is -2.21. The summed E-state index contributed by atoms with van der Waals surface area (Å²) in [6.45, 7) is 1.56. The molecule has 2 N–H and O–H groups in total. The van der Waals surface area contributed by atoms with Crippen LogP contribution in [0.25, 0.3) is 0 Å². The van der Waals surface area contributed by atoms with Gasteiger partial charge in [-0.15, -0.1) is 0 Å². The van der Waals surface area contributed by atoms with Gasteiger partial charge in [-0.1, -0.05) is 30.3 Å². The molecule has 0 radical (unpaired) electrons. The molecule has 0 saturated heterocycles. The van der Waals surface area contributed by atoms with Crippen molar-refractivity contribution in [2.24, 2.45) is 0 Å². The van der Waals surface area contributed by atoms with E-state index in [4.69, 9.17) is 5.11 Å². The van der Waals surface area contributed by atoms with Crippen LogP contribution in [0.3, 0.4) is 0 Å². The van der Waals surface area contributed by atoms with Gasteiger partial charge in [-0.05, 0) is 12.5 Å². The van der Waals surface area contributed by atoms with Crippen molar-refractivity contribution < 1.29 is 24.5 Å². The first-order valence-corrected chi connectivity index (χ1v) is 5.17. The number of benzene rings is 1. The van der Waals surface area contributed by atoms with Gasteiger partial charge in [-0.2, -0.15) is 0 Å². The molecule has 0 aliphatic carbocycles. The van der Waals surface area contributed by atoms with E-state index >= 15 is 0 Å². The molecule has 1 unspecified atom stereocenters. The summed E-state index contributed by atoms with van der Waals surface area (Å²) < 4.78 is 4.57. The minimum atomic E-state index is -2.53. The van der Waals surface area contributed by atoms with E-state index < -0.39 is 17.5 Å². The highest BCUT2D eigenvalue weighted by atomic mass is 16.6. The van der Waals surface area contributed by atoms with Crippen molar-refractivity contribution in [1.29, 1.82) is 0 Å². The first kappa shape index (κ1) is 13.2. The van der Waals surface area contributed by atoms with Crippen LogP contribution in [-0.4, -0.2) is 34.4 Å². The summed E-state index contributed by atoms with van der Waals surface area (Å²) in [6, 6.07) is 8.42. The third-order valence-electron chi connectivity index (χ3n) is 2.27. The lowest BCUT2D eigenvalue weighted by Crippen LogP contribution is -2.49. The van der Waals surface area contributed by atoms with Crippen molar-refractivity contribution in [3.63, 3.8) is 0 Å². The van der Waals surface area contributed by atoms with Gasteiger partial charge >= 0.3 is 11.9 Å². The molecule has 1 atom stereocenters. The van der Waals surface area contributed by atoms with E-state index in [1.807, 2.05) is 0 Å². The van der Waals surface area contributed by atoms with Gasteiger partial charge in [-0.3, -0.25) is 0 Å². The molecule has 0 saturated carbocycles. The molecule has 17 heavy (non-hydrogen) atoms. The quantitative estimate of drug-likeness (QED) is 0.580. The topological polar surface area (TPSA) is 83.8 Å². The van der Waals surface area contributed by atoms with E-state index in [0.717, 1.165) is 0 Å². The molecular weight excluding hydrogens is 224 g/mol. The molecule has 0 aliphatic rings. The third-order valence-corrected chi connectivity index (χ3v) is 2.27. The lowest BCUT2D eigenvalue weighted by atomic mass is 9.95. The molecule has 92 valence electrons. The van der Waals surface area contributed by atoms with Crippen molar-refractivity contribution in [2.45, 2.75) is 18.9 Å². The maximum atomic E-state index is 11.5. The second-order valence-electron chi connectivity index (χ2n) is 3.55. The molecule has 0 fully saturated rings. The predicted molar refractivity (Wildman–Crippen MR) is 59.4 cm³/mol. The second kappa shape index (κ2) is 5.45. The number of hydrogen-bond donors (Lipinski definition) is 2. The molecule has 0 aromatic heterocycles. The van der Waals surface area contributed by atoms with E-state index in [9.17, 15) is 14.7 Å². The third kappa shape index (κ3) is 3.04. The van der Waals surface area contributed by atoms with Crippen LogP contribution >= 0.6 is 0 Å². The van der Waals surface area contributed by atoms with Gasteiger partial charge in [-0.25, -0.2) is 9.59 Å². The summed E-state index contributed by atoms with van der Waals surface area (Å²) in [5.74, 6) is -2.75. The van der Waals surface area contributed by atoms with Crippen LogP contribution in [0.1, 0.15) is 12.5 Å². The number of ether oxygens (including phenoxy) is 1. The summed E-state index contributed by atoms with van der Waals surface area (Å²) in [6.07, 6.45) is -0.317. The van der Waals surface area contributed by atoms with Crippen LogP contribution in [0.2, 0.25) is 0 Å². The van der Waals surface area contributed by atoms with E-state index in [-0.39, 0.29) is 13.0 Å². The van der Waals surface area contributed by atoms with Crippen LogP contribution in [0.15, 0.2) is 30.3 Å². The fourth-order valence-corrected chi connectivity index (χ4v) is 1.38. The van der Waals surface area contributed by atoms with Crippen LogP contribution in [0.4, 0.5) is 0 Å². The SMILES string of the molecule is CCOC(=O)C(O)(Cc1ccccc1)C(=O)O. The average Bonchev–Trinajstić information content (AvgIpc) is 2.30. The van der Waals surface area contributed by atoms with E-state index in [1.165, 1.54) is 0 Å². The van der Waals surface area contributed by atoms with E-state index in [0.29, 0.717) is 5.56 Å². The van der Waals surface area contributed by atoms with Gasteiger partial charge in [0.2, 0.25) is 0 Å². The van der Waals surface area contributed by atoms with Crippen molar-refractivity contribution in [2.75, 3.05) is 6.61 Å². The van der Waals surface area contributed by atoms with Crippen LogP contribution in [-0.2, 0) is 20.7 Å². The van der Waals surface area contributed by atoms with Gasteiger partial charge in [0.1, 0.15) is 0 Å². The number of hydrogen-bond acceptors (Lipinski definition) is 4. The zero-order chi connectivity index (χ0) is 12.9. The first-order chi connectivity index (χ1) is 8.00. The Hall–Kier alpha value is -1.88. The van der Waals surface area contributed by atoms with Crippen molar-refractivity contribution in [3.05, 3.63) is 35.9 Å². The summed E-state index contributed by atoms with van der Waals surface area (Å²) in [5, 5.41) is 18.8. The average molecular weight is 238 g/mol. The highest BCUT2D eigenvalue weighted by molar-refractivity contribution is 6.02. The molecule has 1 rings (SSSR count). The number of carbonyl (C=O) groups excluding carboxylic acids is 1. The summed E-state index contributed by atoms with van der Waals surface area (Å²) in [4.78, 5) is 22.4. The molecule has 0 bridgehead atoms. The fourth-order valence-electron chi connectivity index (χ4n) is 1.38. The number of aliphatic carboxylic acids is 1. The number of rotatable bonds is 5. The highest BCUT2D eigenvalue weighted by Crippen LogP contribution is 2.16. The first-order valence-electron chi connectivity index (χ1n) is 5.17. The van der Waals surface area contributed by atoms with Crippen molar-refractivity contribution in [1.82, 2.24) is 0 Å². The number of carboxylic acid groups (broad SMARTS) is 1. The summed E-state index contributed by atoms with van der Waals surface area (Å²) >= 11 is 0. The van der Waals surface area contributed by atoms with Crippen LogP contribution in [0.5, 0.6) is 0 Å². The Morgan fingerprint density at radius 3 is 2.35 bits per heavy atom. The lowest BCUT2D eigenvalue weighted by molar-refractivity contribution is -0.179. The minimum absolute atomic E-state index is 0.0171. The molecule has 1 aromatic carbocycles. The van der Waals surface area contributed by atoms with Gasteiger partial charge in [0, 0.05) is 6.42 Å². The maximum absolute atomic E-state index is 11.5. The Kier molecular flexibility index (Phi) is 4.23. The Labute approximate surface area is 98.6 Å². The van der Waals surface area contributed by atoms with Gasteiger partial charge in [0.15, 0.2) is 0 Å². The Morgan fingerprint density at radius 2 is 1.88 bits per heavy atom. The Morgan fingerprint density at radius 1 is 1.29 bits per heavy atom. The monoisotopic (exact) mass is 238 g/mol. The zero-order valence-electron chi connectivity index (χ0n) is 9.42. The van der Waals surface area contributed by atoms with Crippen molar-refractivity contribution >= 4 is 11.9 Å². The second-order valence-corrected chi connectivity index (χ2v) is 3.55.